The SMILES string of the molecule is Cc1nnc(Nc2ccccc2Br)c(C(N)=S)c1C. The molecule has 2 rings (SSSR count). The molecule has 1 aromatic carbocycles. The Morgan fingerprint density at radius 2 is 1.95 bits per heavy atom. The Balaban J connectivity index is 2.49. The minimum atomic E-state index is 0.310. The summed E-state index contributed by atoms with van der Waals surface area (Å²) in [4.78, 5) is 0.310. The quantitative estimate of drug-likeness (QED) is 0.842. The molecule has 2 aromatic rings. The van der Waals surface area contributed by atoms with Crippen LogP contribution in [0.4, 0.5) is 11.5 Å². The maximum Gasteiger partial charge on any atom is 0.163 e. The third-order valence-electron chi connectivity index (χ3n) is 2.83. The van der Waals surface area contributed by atoms with Crippen LogP contribution in [0.25, 0.3) is 0 Å². The highest BCUT2D eigenvalue weighted by molar-refractivity contribution is 9.10. The van der Waals surface area contributed by atoms with Crippen LogP contribution in [0.15, 0.2) is 28.7 Å². The molecule has 0 unspecified atom stereocenters. The standard InChI is InChI=1S/C13H13BrN4S/c1-7-8(2)17-18-13(11(7)12(15)19)16-10-6-4-3-5-9(10)14/h3-6H,1-2H3,(H2,15,19)(H,16,18). The van der Waals surface area contributed by atoms with Gasteiger partial charge >= 0.3 is 0 Å². The Morgan fingerprint density at radius 3 is 2.58 bits per heavy atom. The van der Waals surface area contributed by atoms with Gasteiger partial charge in [0.15, 0.2) is 5.82 Å². The van der Waals surface area contributed by atoms with Crippen LogP contribution < -0.4 is 11.1 Å². The van der Waals surface area contributed by atoms with E-state index in [0.717, 1.165) is 27.0 Å². The molecule has 0 saturated heterocycles. The molecule has 0 bridgehead atoms. The van der Waals surface area contributed by atoms with E-state index < -0.39 is 0 Å². The number of hydrogen-bond acceptors (Lipinski definition) is 4. The van der Waals surface area contributed by atoms with Crippen LogP contribution in [-0.4, -0.2) is 15.2 Å². The van der Waals surface area contributed by atoms with Gasteiger partial charge in [0.05, 0.1) is 16.9 Å². The van der Waals surface area contributed by atoms with Crippen molar-refractivity contribution in [1.82, 2.24) is 10.2 Å². The lowest BCUT2D eigenvalue weighted by Crippen LogP contribution is -2.17. The van der Waals surface area contributed by atoms with E-state index >= 15 is 0 Å². The fourth-order valence-corrected chi connectivity index (χ4v) is 2.32. The molecule has 1 aromatic heterocycles. The second-order valence-electron chi connectivity index (χ2n) is 4.10. The van der Waals surface area contributed by atoms with Crippen LogP contribution in [0.1, 0.15) is 16.8 Å². The Hall–Kier alpha value is -1.53. The molecule has 0 radical (unpaired) electrons. The van der Waals surface area contributed by atoms with Crippen molar-refractivity contribution in [1.29, 1.82) is 0 Å². The fraction of sp³-hybridized carbons (Fsp3) is 0.154. The molecule has 0 saturated carbocycles. The maximum absolute atomic E-state index is 5.79. The number of rotatable bonds is 3. The van der Waals surface area contributed by atoms with E-state index in [1.165, 1.54) is 0 Å². The Bertz CT molecular complexity index is 643. The van der Waals surface area contributed by atoms with Gasteiger partial charge in [-0.05, 0) is 47.5 Å². The van der Waals surface area contributed by atoms with Crippen molar-refractivity contribution in [3.8, 4) is 0 Å². The predicted molar refractivity (Wildman–Crippen MR) is 84.8 cm³/mol. The van der Waals surface area contributed by atoms with Gasteiger partial charge in [-0.3, -0.25) is 0 Å². The first-order valence-corrected chi connectivity index (χ1v) is 6.86. The van der Waals surface area contributed by atoms with Gasteiger partial charge in [0, 0.05) is 4.47 Å². The average molecular weight is 337 g/mol. The second-order valence-corrected chi connectivity index (χ2v) is 5.40. The molecule has 0 atom stereocenters. The molecule has 19 heavy (non-hydrogen) atoms. The number of anilines is 2. The first-order chi connectivity index (χ1) is 9.00. The zero-order chi connectivity index (χ0) is 14.0. The topological polar surface area (TPSA) is 63.8 Å². The monoisotopic (exact) mass is 336 g/mol. The zero-order valence-corrected chi connectivity index (χ0v) is 13.0. The lowest BCUT2D eigenvalue weighted by molar-refractivity contribution is 0.963. The number of halogens is 1. The van der Waals surface area contributed by atoms with Crippen molar-refractivity contribution in [2.75, 3.05) is 5.32 Å². The Kier molecular flexibility index (Phi) is 4.11. The molecule has 0 aliphatic heterocycles. The number of hydrogen-bond donors (Lipinski definition) is 2. The zero-order valence-electron chi connectivity index (χ0n) is 10.6. The number of aryl methyl sites for hydroxylation is 1. The van der Waals surface area contributed by atoms with Crippen molar-refractivity contribution in [3.05, 3.63) is 45.6 Å². The van der Waals surface area contributed by atoms with Crippen molar-refractivity contribution in [2.24, 2.45) is 5.73 Å². The number of nitrogens with two attached hydrogens (primary N) is 1. The first-order valence-electron chi connectivity index (χ1n) is 5.66. The lowest BCUT2D eigenvalue weighted by atomic mass is 10.1. The molecule has 3 N–H and O–H groups in total. The Morgan fingerprint density at radius 1 is 1.26 bits per heavy atom. The van der Waals surface area contributed by atoms with Crippen molar-refractivity contribution >= 4 is 44.6 Å². The van der Waals surface area contributed by atoms with E-state index in [1.54, 1.807) is 0 Å². The molecule has 0 fully saturated rings. The largest absolute Gasteiger partial charge is 0.389 e. The number of benzene rings is 1. The highest BCUT2D eigenvalue weighted by atomic mass is 79.9. The molecule has 4 nitrogen and oxygen atoms in total. The summed E-state index contributed by atoms with van der Waals surface area (Å²) in [6, 6.07) is 7.75. The summed E-state index contributed by atoms with van der Waals surface area (Å²) in [6.07, 6.45) is 0. The van der Waals surface area contributed by atoms with Crippen molar-refractivity contribution in [2.45, 2.75) is 13.8 Å². The summed E-state index contributed by atoms with van der Waals surface area (Å²) in [6.45, 7) is 3.82. The number of para-hydroxylation sites is 1. The summed E-state index contributed by atoms with van der Waals surface area (Å²) in [5.74, 6) is 0.572. The van der Waals surface area contributed by atoms with Crippen LogP contribution in [-0.2, 0) is 0 Å². The molecule has 0 aliphatic rings. The highest BCUT2D eigenvalue weighted by Crippen LogP contribution is 2.27. The third-order valence-corrected chi connectivity index (χ3v) is 3.72. The number of nitrogens with one attached hydrogen (secondary N) is 1. The van der Waals surface area contributed by atoms with Gasteiger partial charge in [-0.2, -0.15) is 5.10 Å². The highest BCUT2D eigenvalue weighted by Gasteiger charge is 2.14. The van der Waals surface area contributed by atoms with E-state index in [1.807, 2.05) is 38.1 Å². The van der Waals surface area contributed by atoms with Gasteiger partial charge in [-0.25, -0.2) is 0 Å². The number of thiocarbonyl (C=S) groups is 1. The van der Waals surface area contributed by atoms with Gasteiger partial charge < -0.3 is 11.1 Å². The van der Waals surface area contributed by atoms with Crippen LogP contribution in [0, 0.1) is 13.8 Å². The molecule has 98 valence electrons. The van der Waals surface area contributed by atoms with E-state index in [9.17, 15) is 0 Å². The summed E-state index contributed by atoms with van der Waals surface area (Å²) >= 11 is 8.58. The molecule has 0 aliphatic carbocycles. The van der Waals surface area contributed by atoms with E-state index in [2.05, 4.69) is 31.4 Å². The van der Waals surface area contributed by atoms with Crippen LogP contribution in [0.5, 0.6) is 0 Å². The molecular weight excluding hydrogens is 324 g/mol. The number of nitrogens with zero attached hydrogens (tertiary/aromatic N) is 2. The van der Waals surface area contributed by atoms with Crippen molar-refractivity contribution < 1.29 is 0 Å². The molecule has 6 heteroatoms. The second kappa shape index (κ2) is 5.63. The van der Waals surface area contributed by atoms with Gasteiger partial charge in [-0.15, -0.1) is 5.10 Å². The van der Waals surface area contributed by atoms with Gasteiger partial charge in [0.2, 0.25) is 0 Å². The van der Waals surface area contributed by atoms with Gasteiger partial charge in [0.25, 0.3) is 0 Å². The fourth-order valence-electron chi connectivity index (χ4n) is 1.69. The summed E-state index contributed by atoms with van der Waals surface area (Å²) in [7, 11) is 0. The normalized spacial score (nSPS) is 10.3. The Labute approximate surface area is 125 Å². The minimum absolute atomic E-state index is 0.310. The number of aromatic nitrogens is 2. The van der Waals surface area contributed by atoms with Gasteiger partial charge in [0.1, 0.15) is 4.99 Å². The van der Waals surface area contributed by atoms with Crippen LogP contribution >= 0.6 is 28.1 Å². The van der Waals surface area contributed by atoms with E-state index in [0.29, 0.717) is 10.8 Å². The molecule has 1 heterocycles. The summed E-state index contributed by atoms with van der Waals surface area (Å²) in [5, 5.41) is 11.5. The maximum atomic E-state index is 5.79. The average Bonchev–Trinajstić information content (AvgIpc) is 2.36. The molecular formula is C13H13BrN4S. The van der Waals surface area contributed by atoms with E-state index in [-0.39, 0.29) is 0 Å². The minimum Gasteiger partial charge on any atom is -0.389 e. The predicted octanol–water partition coefficient (Wildman–Crippen LogP) is 3.23. The van der Waals surface area contributed by atoms with Crippen LogP contribution in [0.3, 0.4) is 0 Å². The van der Waals surface area contributed by atoms with Crippen LogP contribution in [0.2, 0.25) is 0 Å². The summed E-state index contributed by atoms with van der Waals surface area (Å²) < 4.78 is 0.934. The first kappa shape index (κ1) is 13.9. The van der Waals surface area contributed by atoms with Crippen molar-refractivity contribution in [3.63, 3.8) is 0 Å². The third kappa shape index (κ3) is 2.90. The lowest BCUT2D eigenvalue weighted by Gasteiger charge is -2.13. The molecule has 0 spiro atoms. The summed E-state index contributed by atoms with van der Waals surface area (Å²) in [5.41, 5.74) is 9.17. The van der Waals surface area contributed by atoms with Gasteiger partial charge in [-0.1, -0.05) is 24.4 Å². The molecule has 0 amide bonds. The smallest absolute Gasteiger partial charge is 0.163 e. The van der Waals surface area contributed by atoms with E-state index in [4.69, 9.17) is 18.0 Å².